The van der Waals surface area contributed by atoms with E-state index in [9.17, 15) is 0 Å². The minimum Gasteiger partial charge on any atom is -0.455 e. The van der Waals surface area contributed by atoms with Crippen LogP contribution in [0, 0.1) is 0 Å². The molecule has 0 saturated carbocycles. The van der Waals surface area contributed by atoms with Crippen LogP contribution >= 0.6 is 0 Å². The third-order valence-corrected chi connectivity index (χ3v) is 21.1. The predicted octanol–water partition coefficient (Wildman–Crippen LogP) is 24.1. The second kappa shape index (κ2) is 19.0. The van der Waals surface area contributed by atoms with Gasteiger partial charge in [-0.1, -0.05) is 199 Å². The zero-order chi connectivity index (χ0) is 61.5. The van der Waals surface area contributed by atoms with E-state index in [2.05, 4.69) is 329 Å². The van der Waals surface area contributed by atoms with Crippen LogP contribution in [-0.2, 0) is 16.2 Å². The zero-order valence-corrected chi connectivity index (χ0v) is 52.1. The van der Waals surface area contributed by atoms with Gasteiger partial charge < -0.3 is 23.2 Å². The van der Waals surface area contributed by atoms with Crippen LogP contribution in [0.2, 0.25) is 0 Å². The standard InChI is InChI=1S/C87H63N3O2/c1-85(2)69-49-58(43-46-63(69)76-71(85)51-67(83-78(76)65-32-18-22-36-74(65)91-83)52-38-45-61-60-30-17-21-35-72(60)90(73(61)48-52)55-28-14-9-15-29-55)89(57-41-39-56(40-42-57)88(53-24-10-7-11-25-53)54-26-12-8-13-27-54)59-44-47-64-70(50-59)87(5,6)81-77(64)79-66-33-19-23-37-75(66)92-84(79)80-62-31-16-20-34-68(62)86(3,4)82(80)81/h7-51H,1-6H3. The van der Waals surface area contributed by atoms with Crippen molar-refractivity contribution in [2.24, 2.45) is 0 Å². The van der Waals surface area contributed by atoms with Crippen molar-refractivity contribution in [1.82, 2.24) is 4.57 Å². The number of hydrogen-bond acceptors (Lipinski definition) is 4. The fraction of sp³-hybridized carbons (Fsp3) is 0.103. The van der Waals surface area contributed by atoms with E-state index in [0.29, 0.717) is 0 Å². The van der Waals surface area contributed by atoms with Crippen LogP contribution in [-0.4, -0.2) is 4.57 Å². The summed E-state index contributed by atoms with van der Waals surface area (Å²) in [7, 11) is 0. The fourth-order valence-corrected chi connectivity index (χ4v) is 16.9. The molecule has 5 nitrogen and oxygen atoms in total. The number of rotatable bonds is 8. The summed E-state index contributed by atoms with van der Waals surface area (Å²) in [6.45, 7) is 14.6. The van der Waals surface area contributed by atoms with Gasteiger partial charge in [-0.05, 0) is 182 Å². The molecule has 19 rings (SSSR count). The van der Waals surface area contributed by atoms with Gasteiger partial charge in [0.25, 0.3) is 0 Å². The highest BCUT2D eigenvalue weighted by molar-refractivity contribution is 6.22. The number of aromatic nitrogens is 1. The molecule has 0 atom stereocenters. The molecule has 0 fully saturated rings. The van der Waals surface area contributed by atoms with Gasteiger partial charge in [0.1, 0.15) is 22.3 Å². The Morgan fingerprint density at radius 3 is 1.40 bits per heavy atom. The average Bonchev–Trinajstić information content (AvgIpc) is 1.51. The number of para-hydroxylation sites is 6. The maximum atomic E-state index is 7.14. The second-order valence-corrected chi connectivity index (χ2v) is 27.1. The van der Waals surface area contributed by atoms with Crippen LogP contribution in [0.15, 0.2) is 282 Å². The molecule has 0 saturated heterocycles. The first-order valence-electron chi connectivity index (χ1n) is 32.2. The summed E-state index contributed by atoms with van der Waals surface area (Å²) in [5.74, 6) is 0. The first-order chi connectivity index (χ1) is 44.9. The fourth-order valence-electron chi connectivity index (χ4n) is 16.9. The van der Waals surface area contributed by atoms with Crippen molar-refractivity contribution in [2.45, 2.75) is 57.8 Å². The van der Waals surface area contributed by atoms with Crippen LogP contribution in [0.3, 0.4) is 0 Å². The monoisotopic (exact) mass is 1180 g/mol. The Balaban J connectivity index is 0.812. The summed E-state index contributed by atoms with van der Waals surface area (Å²) in [4.78, 5) is 4.84. The van der Waals surface area contributed by atoms with Gasteiger partial charge in [-0.15, -0.1) is 0 Å². The molecule has 16 aromatic rings. The smallest absolute Gasteiger partial charge is 0.144 e. The molecule has 0 unspecified atom stereocenters. The SMILES string of the molecule is CC1(C)c2cc(N(c3ccc(N(c4ccccc4)c4ccccc4)cc3)c3ccc4c(c3)C(C)(C)c3c5c(c6oc7ccccc7c6c3-4)-c3ccccc3C5(C)C)ccc2-c2c1cc(-c1ccc3c4ccccc4n(-c4ccccc4)c3c1)c1oc3ccccc3c21. The molecule has 0 spiro atoms. The second-order valence-electron chi connectivity index (χ2n) is 27.1. The first-order valence-corrected chi connectivity index (χ1v) is 32.2. The summed E-state index contributed by atoms with van der Waals surface area (Å²) in [6, 6.07) is 100. The minimum absolute atomic E-state index is 0.270. The van der Waals surface area contributed by atoms with Gasteiger partial charge in [-0.3, -0.25) is 0 Å². The van der Waals surface area contributed by atoms with Crippen molar-refractivity contribution in [3.63, 3.8) is 0 Å². The highest BCUT2D eigenvalue weighted by Crippen LogP contribution is 2.64. The Hall–Kier alpha value is -11.1. The molecule has 3 heterocycles. The summed E-state index contributed by atoms with van der Waals surface area (Å²) in [6.07, 6.45) is 0. The highest BCUT2D eigenvalue weighted by Gasteiger charge is 2.49. The third kappa shape index (κ3) is 7.19. The van der Waals surface area contributed by atoms with Crippen molar-refractivity contribution in [2.75, 3.05) is 9.80 Å². The van der Waals surface area contributed by atoms with Gasteiger partial charge in [0, 0.05) is 99.5 Å². The average molecular weight is 1180 g/mol. The number of nitrogens with zero attached hydrogens (tertiary/aromatic N) is 3. The summed E-state index contributed by atoms with van der Waals surface area (Å²) >= 11 is 0. The lowest BCUT2D eigenvalue weighted by Crippen LogP contribution is -2.24. The molecule has 13 aromatic carbocycles. The van der Waals surface area contributed by atoms with Gasteiger partial charge in [0.05, 0.1) is 11.0 Å². The largest absolute Gasteiger partial charge is 0.455 e. The van der Waals surface area contributed by atoms with Crippen LogP contribution in [0.25, 0.3) is 116 Å². The lowest BCUT2D eigenvalue weighted by Gasteiger charge is -2.32. The topological polar surface area (TPSA) is 37.7 Å². The van der Waals surface area contributed by atoms with Gasteiger partial charge >= 0.3 is 0 Å². The molecular formula is C87H63N3O2. The summed E-state index contributed by atoms with van der Waals surface area (Å²) in [5, 5.41) is 7.09. The highest BCUT2D eigenvalue weighted by atomic mass is 16.3. The maximum absolute atomic E-state index is 7.14. The number of anilines is 6. The van der Waals surface area contributed by atoms with Crippen LogP contribution in [0.4, 0.5) is 34.1 Å². The molecule has 0 N–H and O–H groups in total. The summed E-state index contributed by atoms with van der Waals surface area (Å²) in [5.41, 5.74) is 30.3. The van der Waals surface area contributed by atoms with E-state index in [-0.39, 0.29) is 5.41 Å². The zero-order valence-electron chi connectivity index (χ0n) is 52.1. The third-order valence-electron chi connectivity index (χ3n) is 21.1. The van der Waals surface area contributed by atoms with Crippen LogP contribution in [0.1, 0.15) is 74.9 Å². The molecule has 0 bridgehead atoms. The predicted molar refractivity (Wildman–Crippen MR) is 383 cm³/mol. The molecular weight excluding hydrogens is 1120 g/mol. The Labute approximate surface area is 534 Å². The molecule has 3 aliphatic rings. The molecule has 92 heavy (non-hydrogen) atoms. The van der Waals surface area contributed by atoms with E-state index in [0.717, 1.165) is 94.9 Å². The van der Waals surface area contributed by atoms with E-state index in [1.54, 1.807) is 0 Å². The molecule has 3 aliphatic carbocycles. The molecule has 0 amide bonds. The minimum atomic E-state index is -0.419. The molecule has 438 valence electrons. The van der Waals surface area contributed by atoms with Crippen LogP contribution in [0.5, 0.6) is 0 Å². The van der Waals surface area contributed by atoms with Gasteiger partial charge in [0.15, 0.2) is 0 Å². The van der Waals surface area contributed by atoms with Crippen molar-refractivity contribution < 1.29 is 8.83 Å². The molecule has 0 aliphatic heterocycles. The van der Waals surface area contributed by atoms with Crippen molar-refractivity contribution in [3.05, 3.63) is 306 Å². The number of hydrogen-bond donors (Lipinski definition) is 0. The maximum Gasteiger partial charge on any atom is 0.144 e. The lowest BCUT2D eigenvalue weighted by atomic mass is 9.72. The number of benzene rings is 13. The lowest BCUT2D eigenvalue weighted by molar-refractivity contribution is 0.600. The Bertz CT molecular complexity index is 5740. The molecule has 3 aromatic heterocycles. The number of fused-ring (bicyclic) bond motifs is 22. The van der Waals surface area contributed by atoms with Gasteiger partial charge in [-0.2, -0.15) is 0 Å². The Morgan fingerprint density at radius 1 is 0.293 bits per heavy atom. The quantitative estimate of drug-likeness (QED) is 0.152. The van der Waals surface area contributed by atoms with E-state index in [1.165, 1.54) is 88.4 Å². The normalized spacial score (nSPS) is 14.5. The van der Waals surface area contributed by atoms with Gasteiger partial charge in [0.2, 0.25) is 0 Å². The van der Waals surface area contributed by atoms with E-state index in [1.807, 2.05) is 0 Å². The number of furan rings is 2. The molecule has 0 radical (unpaired) electrons. The Morgan fingerprint density at radius 2 is 0.750 bits per heavy atom. The summed E-state index contributed by atoms with van der Waals surface area (Å²) < 4.78 is 16.6. The van der Waals surface area contributed by atoms with E-state index >= 15 is 0 Å². The van der Waals surface area contributed by atoms with Crippen molar-refractivity contribution in [3.8, 4) is 50.2 Å². The Kier molecular flexibility index (Phi) is 10.9. The van der Waals surface area contributed by atoms with Crippen molar-refractivity contribution in [1.29, 1.82) is 0 Å². The van der Waals surface area contributed by atoms with E-state index in [4.69, 9.17) is 8.83 Å². The van der Waals surface area contributed by atoms with Crippen LogP contribution < -0.4 is 9.80 Å². The van der Waals surface area contributed by atoms with Gasteiger partial charge in [-0.25, -0.2) is 0 Å². The van der Waals surface area contributed by atoms with Crippen molar-refractivity contribution >= 4 is 99.8 Å². The molecule has 5 heteroatoms. The first kappa shape index (κ1) is 52.8. The van der Waals surface area contributed by atoms with E-state index < -0.39 is 10.8 Å².